The smallest absolute Gasteiger partial charge is 0.338 e. The van der Waals surface area contributed by atoms with Gasteiger partial charge in [0.2, 0.25) is 0 Å². The summed E-state index contributed by atoms with van der Waals surface area (Å²) in [5.41, 5.74) is 3.17. The molecule has 5 heteroatoms. The number of carbonyl (C=O) groups excluding carboxylic acids is 2. The second-order valence-corrected chi connectivity index (χ2v) is 7.29. The first-order chi connectivity index (χ1) is 13.9. The minimum atomic E-state index is -0.905. The van der Waals surface area contributed by atoms with Gasteiger partial charge in [-0.2, -0.15) is 0 Å². The number of aryl methyl sites for hydroxylation is 2. The van der Waals surface area contributed by atoms with Crippen molar-refractivity contribution in [2.75, 3.05) is 11.9 Å². The van der Waals surface area contributed by atoms with E-state index in [1.807, 2.05) is 32.0 Å². The van der Waals surface area contributed by atoms with E-state index in [1.165, 1.54) is 12.8 Å². The summed E-state index contributed by atoms with van der Waals surface area (Å²) >= 11 is 0. The van der Waals surface area contributed by atoms with E-state index in [2.05, 4.69) is 12.2 Å². The Hall–Kier alpha value is -2.82. The van der Waals surface area contributed by atoms with Gasteiger partial charge in [-0.1, -0.05) is 43.9 Å². The van der Waals surface area contributed by atoms with E-state index in [-0.39, 0.29) is 5.91 Å². The van der Waals surface area contributed by atoms with Gasteiger partial charge in [0.05, 0.1) is 12.2 Å². The highest BCUT2D eigenvalue weighted by Gasteiger charge is 2.19. The van der Waals surface area contributed by atoms with E-state index in [9.17, 15) is 9.59 Å². The number of nitrogens with one attached hydrogen (secondary N) is 1. The van der Waals surface area contributed by atoms with Crippen LogP contribution in [-0.4, -0.2) is 24.6 Å². The molecule has 2 aromatic rings. The highest BCUT2D eigenvalue weighted by molar-refractivity contribution is 5.97. The molecule has 0 aliphatic rings. The van der Waals surface area contributed by atoms with Gasteiger partial charge in [0.1, 0.15) is 5.75 Å². The van der Waals surface area contributed by atoms with Crippen molar-refractivity contribution < 1.29 is 19.1 Å². The van der Waals surface area contributed by atoms with Crippen molar-refractivity contribution in [3.63, 3.8) is 0 Å². The molecule has 0 aliphatic carbocycles. The minimum Gasteiger partial charge on any atom is -0.494 e. The van der Waals surface area contributed by atoms with E-state index >= 15 is 0 Å². The maximum atomic E-state index is 12.4. The van der Waals surface area contributed by atoms with Crippen molar-refractivity contribution in [2.24, 2.45) is 0 Å². The number of anilines is 1. The van der Waals surface area contributed by atoms with E-state index in [0.29, 0.717) is 17.9 Å². The second-order valence-electron chi connectivity index (χ2n) is 7.29. The molecule has 0 aliphatic heterocycles. The average molecular weight is 398 g/mol. The molecule has 0 heterocycles. The van der Waals surface area contributed by atoms with Crippen LogP contribution in [0, 0.1) is 13.8 Å². The molecular weight excluding hydrogens is 366 g/mol. The lowest BCUT2D eigenvalue weighted by molar-refractivity contribution is -0.123. The molecule has 1 amide bonds. The number of amides is 1. The number of ether oxygens (including phenoxy) is 2. The molecule has 0 aromatic heterocycles. The average Bonchev–Trinajstić information content (AvgIpc) is 2.70. The van der Waals surface area contributed by atoms with Crippen molar-refractivity contribution in [3.8, 4) is 5.75 Å². The molecule has 0 radical (unpaired) electrons. The first-order valence-electron chi connectivity index (χ1n) is 10.2. The Labute approximate surface area is 173 Å². The first kappa shape index (κ1) is 22.5. The van der Waals surface area contributed by atoms with Gasteiger partial charge in [-0.05, 0) is 63.1 Å². The van der Waals surface area contributed by atoms with Crippen LogP contribution in [0.4, 0.5) is 5.69 Å². The van der Waals surface area contributed by atoms with Gasteiger partial charge in [-0.3, -0.25) is 4.79 Å². The summed E-state index contributed by atoms with van der Waals surface area (Å²) in [5.74, 6) is -0.182. The number of esters is 1. The lowest BCUT2D eigenvalue weighted by Crippen LogP contribution is -2.30. The molecule has 0 saturated heterocycles. The van der Waals surface area contributed by atoms with E-state index < -0.39 is 12.1 Å². The SMILES string of the molecule is CCCCCCOc1ccc(C(=O)OC(C)C(=O)Nc2ccc(C)cc2C)cc1. The standard InChI is InChI=1S/C24H31NO4/c1-5-6-7-8-15-28-21-12-10-20(11-13-21)24(27)29-19(4)23(26)25-22-14-9-17(2)16-18(22)3/h9-14,16,19H,5-8,15H2,1-4H3,(H,25,26). The topological polar surface area (TPSA) is 64.6 Å². The Morgan fingerprint density at radius 2 is 1.72 bits per heavy atom. The maximum Gasteiger partial charge on any atom is 0.338 e. The molecule has 0 saturated carbocycles. The summed E-state index contributed by atoms with van der Waals surface area (Å²) in [4.78, 5) is 24.7. The number of hydrogen-bond donors (Lipinski definition) is 1. The molecule has 29 heavy (non-hydrogen) atoms. The molecule has 0 fully saturated rings. The zero-order valence-corrected chi connectivity index (χ0v) is 17.8. The lowest BCUT2D eigenvalue weighted by atomic mass is 10.1. The molecule has 1 atom stereocenters. The monoisotopic (exact) mass is 397 g/mol. The first-order valence-corrected chi connectivity index (χ1v) is 10.2. The molecule has 2 aromatic carbocycles. The highest BCUT2D eigenvalue weighted by Crippen LogP contribution is 2.17. The zero-order valence-electron chi connectivity index (χ0n) is 17.8. The highest BCUT2D eigenvalue weighted by atomic mass is 16.5. The Morgan fingerprint density at radius 3 is 2.38 bits per heavy atom. The van der Waals surface area contributed by atoms with Crippen LogP contribution < -0.4 is 10.1 Å². The minimum absolute atomic E-state index is 0.364. The van der Waals surface area contributed by atoms with Gasteiger partial charge in [0.15, 0.2) is 6.10 Å². The summed E-state index contributed by atoms with van der Waals surface area (Å²) in [6.45, 7) is 8.31. The van der Waals surface area contributed by atoms with Gasteiger partial charge in [-0.15, -0.1) is 0 Å². The Kier molecular flexibility index (Phi) is 8.71. The lowest BCUT2D eigenvalue weighted by Gasteiger charge is -2.15. The molecule has 2 rings (SSSR count). The van der Waals surface area contributed by atoms with Gasteiger partial charge in [0.25, 0.3) is 5.91 Å². The van der Waals surface area contributed by atoms with Gasteiger partial charge in [-0.25, -0.2) is 4.79 Å². The van der Waals surface area contributed by atoms with Crippen LogP contribution in [0.1, 0.15) is 61.0 Å². The second kappa shape index (κ2) is 11.2. The molecule has 0 spiro atoms. The summed E-state index contributed by atoms with van der Waals surface area (Å²) < 4.78 is 11.0. The number of hydrogen-bond acceptors (Lipinski definition) is 4. The van der Waals surface area contributed by atoms with Crippen molar-refractivity contribution in [1.82, 2.24) is 0 Å². The maximum absolute atomic E-state index is 12.4. The molecule has 1 N–H and O–H groups in total. The van der Waals surface area contributed by atoms with Gasteiger partial charge in [0, 0.05) is 5.69 Å². The molecule has 0 bridgehead atoms. The van der Waals surface area contributed by atoms with Crippen molar-refractivity contribution in [2.45, 2.75) is 59.5 Å². The van der Waals surface area contributed by atoms with Crippen LogP contribution in [0.2, 0.25) is 0 Å². The summed E-state index contributed by atoms with van der Waals surface area (Å²) in [7, 11) is 0. The molecule has 5 nitrogen and oxygen atoms in total. The number of benzene rings is 2. The van der Waals surface area contributed by atoms with Crippen molar-refractivity contribution >= 4 is 17.6 Å². The summed E-state index contributed by atoms with van der Waals surface area (Å²) in [6.07, 6.45) is 3.67. The summed E-state index contributed by atoms with van der Waals surface area (Å²) in [5, 5.41) is 2.80. The summed E-state index contributed by atoms with van der Waals surface area (Å²) in [6, 6.07) is 12.6. The number of carbonyl (C=O) groups is 2. The van der Waals surface area contributed by atoms with Crippen LogP contribution in [0.3, 0.4) is 0 Å². The quantitative estimate of drug-likeness (QED) is 0.428. The largest absolute Gasteiger partial charge is 0.494 e. The van der Waals surface area contributed by atoms with Crippen LogP contribution in [0.5, 0.6) is 5.75 Å². The number of rotatable bonds is 10. The fourth-order valence-corrected chi connectivity index (χ4v) is 2.88. The predicted octanol–water partition coefficient (Wildman–Crippen LogP) is 5.45. The van der Waals surface area contributed by atoms with Crippen molar-refractivity contribution in [3.05, 3.63) is 59.2 Å². The zero-order chi connectivity index (χ0) is 21.2. The molecule has 1 unspecified atom stereocenters. The van der Waals surface area contributed by atoms with Crippen LogP contribution >= 0.6 is 0 Å². The van der Waals surface area contributed by atoms with Gasteiger partial charge < -0.3 is 14.8 Å². The Bertz CT molecular complexity index is 814. The third-order valence-electron chi connectivity index (χ3n) is 4.65. The van der Waals surface area contributed by atoms with E-state index in [1.54, 1.807) is 31.2 Å². The third-order valence-corrected chi connectivity index (χ3v) is 4.65. The molecule has 156 valence electrons. The van der Waals surface area contributed by atoms with E-state index in [0.717, 1.165) is 29.7 Å². The van der Waals surface area contributed by atoms with Crippen LogP contribution in [0.15, 0.2) is 42.5 Å². The van der Waals surface area contributed by atoms with Gasteiger partial charge >= 0.3 is 5.97 Å². The predicted molar refractivity (Wildman–Crippen MR) is 116 cm³/mol. The fourth-order valence-electron chi connectivity index (χ4n) is 2.88. The Morgan fingerprint density at radius 1 is 1.00 bits per heavy atom. The fraction of sp³-hybridized carbons (Fsp3) is 0.417. The molecular formula is C24H31NO4. The normalized spacial score (nSPS) is 11.6. The Balaban J connectivity index is 1.84. The van der Waals surface area contributed by atoms with Crippen LogP contribution in [-0.2, 0) is 9.53 Å². The van der Waals surface area contributed by atoms with E-state index in [4.69, 9.17) is 9.47 Å². The number of unbranched alkanes of at least 4 members (excludes halogenated alkanes) is 3. The van der Waals surface area contributed by atoms with Crippen LogP contribution in [0.25, 0.3) is 0 Å². The van der Waals surface area contributed by atoms with Crippen molar-refractivity contribution in [1.29, 1.82) is 0 Å². The third kappa shape index (κ3) is 7.26.